The molecule has 1 heterocycles. The largest absolute Gasteiger partial charge is 0.469 e. The highest BCUT2D eigenvalue weighted by Gasteiger charge is 2.36. The molecule has 0 N–H and O–H groups in total. The molecule has 21 heavy (non-hydrogen) atoms. The number of hydrogen-bond acceptors (Lipinski definition) is 4. The van der Waals surface area contributed by atoms with Crippen LogP contribution in [0.2, 0.25) is 0 Å². The Hall–Kier alpha value is -1.70. The number of carbonyl (C=O) groups excluding carboxylic acids is 2. The maximum atomic E-state index is 12.4. The molecule has 1 aliphatic heterocycles. The number of ether oxygens (including phenoxy) is 1. The molecule has 0 aliphatic carbocycles. The smallest absolute Gasteiger partial charge is 0.446 e. The highest BCUT2D eigenvalue weighted by Crippen LogP contribution is 2.38. The third-order valence-electron chi connectivity index (χ3n) is 3.02. The van der Waals surface area contributed by atoms with Crippen molar-refractivity contribution in [3.8, 4) is 0 Å². The van der Waals surface area contributed by atoms with E-state index in [2.05, 4.69) is 4.74 Å². The van der Waals surface area contributed by atoms with Gasteiger partial charge in [0.15, 0.2) is 0 Å². The van der Waals surface area contributed by atoms with E-state index in [9.17, 15) is 22.8 Å². The van der Waals surface area contributed by atoms with Crippen LogP contribution in [-0.4, -0.2) is 31.0 Å². The number of nitrogens with zero attached hydrogens (tertiary/aromatic N) is 1. The maximum absolute atomic E-state index is 12.4. The Kier molecular flexibility index (Phi) is 4.46. The molecule has 0 spiro atoms. The molecule has 1 unspecified atom stereocenters. The van der Waals surface area contributed by atoms with E-state index in [0.29, 0.717) is 5.69 Å². The lowest BCUT2D eigenvalue weighted by Gasteiger charge is -2.17. The highest BCUT2D eigenvalue weighted by atomic mass is 32.2. The molecule has 1 aromatic carbocycles. The molecular weight excluding hydrogens is 307 g/mol. The van der Waals surface area contributed by atoms with Crippen LogP contribution in [0.15, 0.2) is 29.2 Å². The van der Waals surface area contributed by atoms with Gasteiger partial charge in [0.2, 0.25) is 5.91 Å². The minimum Gasteiger partial charge on any atom is -0.469 e. The van der Waals surface area contributed by atoms with E-state index in [1.807, 2.05) is 0 Å². The highest BCUT2D eigenvalue weighted by molar-refractivity contribution is 8.00. The van der Waals surface area contributed by atoms with Gasteiger partial charge in [-0.1, -0.05) is 6.07 Å². The van der Waals surface area contributed by atoms with E-state index in [4.69, 9.17) is 0 Å². The van der Waals surface area contributed by atoms with Gasteiger partial charge in [0.1, 0.15) is 0 Å². The van der Waals surface area contributed by atoms with E-state index in [0.717, 1.165) is 0 Å². The Bertz CT molecular complexity index is 562. The molecule has 0 saturated carbocycles. The number of anilines is 1. The summed E-state index contributed by atoms with van der Waals surface area (Å²) in [7, 11) is 1.23. The van der Waals surface area contributed by atoms with Crippen LogP contribution < -0.4 is 4.90 Å². The molecule has 0 bridgehead atoms. The Morgan fingerprint density at radius 1 is 1.43 bits per heavy atom. The number of benzene rings is 1. The fourth-order valence-electron chi connectivity index (χ4n) is 2.13. The molecule has 0 aromatic heterocycles. The lowest BCUT2D eigenvalue weighted by Crippen LogP contribution is -2.26. The average Bonchev–Trinajstić information content (AvgIpc) is 2.78. The van der Waals surface area contributed by atoms with Gasteiger partial charge in [-0.3, -0.25) is 9.59 Å². The van der Waals surface area contributed by atoms with Crippen LogP contribution in [0.1, 0.15) is 6.42 Å². The van der Waals surface area contributed by atoms with Crippen molar-refractivity contribution in [1.82, 2.24) is 0 Å². The van der Waals surface area contributed by atoms with Gasteiger partial charge in [0.25, 0.3) is 0 Å². The van der Waals surface area contributed by atoms with Crippen molar-refractivity contribution < 1.29 is 27.5 Å². The molecule has 1 atom stereocenters. The first-order valence-electron chi connectivity index (χ1n) is 6.04. The molecule has 114 valence electrons. The second-order valence-corrected chi connectivity index (χ2v) is 5.61. The minimum absolute atomic E-state index is 0.00329. The molecular formula is C13H12F3NO3S. The lowest BCUT2D eigenvalue weighted by molar-refractivity contribution is -0.145. The summed E-state index contributed by atoms with van der Waals surface area (Å²) >= 11 is -0.243. The van der Waals surface area contributed by atoms with Crippen LogP contribution >= 0.6 is 11.8 Å². The van der Waals surface area contributed by atoms with Gasteiger partial charge in [-0.2, -0.15) is 13.2 Å². The summed E-state index contributed by atoms with van der Waals surface area (Å²) in [6, 6.07) is 5.59. The van der Waals surface area contributed by atoms with E-state index < -0.39 is 17.4 Å². The van der Waals surface area contributed by atoms with Gasteiger partial charge in [-0.25, -0.2) is 0 Å². The van der Waals surface area contributed by atoms with Crippen molar-refractivity contribution in [3.63, 3.8) is 0 Å². The summed E-state index contributed by atoms with van der Waals surface area (Å²) in [5.74, 6) is -1.38. The minimum atomic E-state index is -4.39. The number of methoxy groups -OCH3 is 1. The predicted octanol–water partition coefficient (Wildman–Crippen LogP) is 2.82. The fraction of sp³-hybridized carbons (Fsp3) is 0.385. The zero-order valence-corrected chi connectivity index (χ0v) is 11.8. The van der Waals surface area contributed by atoms with Crippen LogP contribution in [0.3, 0.4) is 0 Å². The van der Waals surface area contributed by atoms with Crippen molar-refractivity contribution >= 4 is 29.3 Å². The third-order valence-corrected chi connectivity index (χ3v) is 3.74. The molecule has 1 aliphatic rings. The van der Waals surface area contributed by atoms with Gasteiger partial charge in [-0.15, -0.1) is 0 Å². The topological polar surface area (TPSA) is 46.6 Å². The molecule has 1 saturated heterocycles. The van der Waals surface area contributed by atoms with Crippen LogP contribution in [0.5, 0.6) is 0 Å². The number of halogens is 3. The summed E-state index contributed by atoms with van der Waals surface area (Å²) in [5.41, 5.74) is -4.04. The van der Waals surface area contributed by atoms with E-state index in [1.54, 1.807) is 0 Å². The van der Waals surface area contributed by atoms with Crippen molar-refractivity contribution in [1.29, 1.82) is 0 Å². The molecule has 4 nitrogen and oxygen atoms in total. The van der Waals surface area contributed by atoms with Crippen molar-refractivity contribution in [2.24, 2.45) is 5.92 Å². The van der Waals surface area contributed by atoms with Crippen LogP contribution in [0, 0.1) is 5.92 Å². The molecule has 2 rings (SSSR count). The quantitative estimate of drug-likeness (QED) is 0.635. The molecule has 1 fully saturated rings. The lowest BCUT2D eigenvalue weighted by atomic mass is 10.1. The van der Waals surface area contributed by atoms with Crippen LogP contribution in [-0.2, 0) is 14.3 Å². The number of carbonyl (C=O) groups is 2. The van der Waals surface area contributed by atoms with Crippen molar-refractivity contribution in [3.05, 3.63) is 24.3 Å². The molecule has 8 heteroatoms. The third kappa shape index (κ3) is 3.90. The first kappa shape index (κ1) is 15.7. The number of thioether (sulfide) groups is 1. The number of amides is 1. The van der Waals surface area contributed by atoms with Gasteiger partial charge in [-0.05, 0) is 30.0 Å². The summed E-state index contributed by atoms with van der Waals surface area (Å²) in [4.78, 5) is 24.6. The summed E-state index contributed by atoms with van der Waals surface area (Å²) in [6.45, 7) is 0.117. The monoisotopic (exact) mass is 319 g/mol. The van der Waals surface area contributed by atoms with E-state index in [-0.39, 0.29) is 35.5 Å². The Labute approximate surface area is 123 Å². The standard InChI is InChI=1S/C13H12F3NO3S/c1-20-12(19)8-5-11(18)17(7-8)9-3-2-4-10(6-9)21-13(14,15)16/h2-4,6,8H,5,7H2,1H3. The van der Waals surface area contributed by atoms with Gasteiger partial charge in [0, 0.05) is 23.5 Å². The fourth-order valence-corrected chi connectivity index (χ4v) is 2.72. The average molecular weight is 319 g/mol. The van der Waals surface area contributed by atoms with Crippen LogP contribution in [0.25, 0.3) is 0 Å². The first-order valence-corrected chi connectivity index (χ1v) is 6.86. The second kappa shape index (κ2) is 5.97. The van der Waals surface area contributed by atoms with E-state index in [1.165, 1.54) is 36.3 Å². The second-order valence-electron chi connectivity index (χ2n) is 4.47. The summed E-state index contributed by atoms with van der Waals surface area (Å²) in [6.07, 6.45) is 0.00329. The normalized spacial score (nSPS) is 19.0. The molecule has 1 aromatic rings. The first-order chi connectivity index (χ1) is 9.80. The number of hydrogen-bond donors (Lipinski definition) is 0. The van der Waals surface area contributed by atoms with Gasteiger partial charge in [0.05, 0.1) is 13.0 Å². The van der Waals surface area contributed by atoms with Crippen LogP contribution in [0.4, 0.5) is 18.9 Å². The maximum Gasteiger partial charge on any atom is 0.446 e. The van der Waals surface area contributed by atoms with E-state index >= 15 is 0 Å². The summed E-state index contributed by atoms with van der Waals surface area (Å²) < 4.78 is 41.7. The Morgan fingerprint density at radius 3 is 2.76 bits per heavy atom. The molecule has 0 radical (unpaired) electrons. The van der Waals surface area contributed by atoms with Crippen molar-refractivity contribution in [2.75, 3.05) is 18.6 Å². The Morgan fingerprint density at radius 2 is 2.14 bits per heavy atom. The SMILES string of the molecule is COC(=O)C1CC(=O)N(c2cccc(SC(F)(F)F)c2)C1. The van der Waals surface area contributed by atoms with Gasteiger partial charge >= 0.3 is 11.5 Å². The van der Waals surface area contributed by atoms with Gasteiger partial charge < -0.3 is 9.64 Å². The zero-order chi connectivity index (χ0) is 15.6. The predicted molar refractivity (Wildman–Crippen MR) is 70.8 cm³/mol. The number of alkyl halides is 3. The zero-order valence-electron chi connectivity index (χ0n) is 11.0. The number of esters is 1. The van der Waals surface area contributed by atoms with Crippen molar-refractivity contribution in [2.45, 2.75) is 16.8 Å². The number of rotatable bonds is 3. The summed E-state index contributed by atoms with van der Waals surface area (Å²) in [5, 5.41) is 0. The Balaban J connectivity index is 2.17. The molecule has 1 amide bonds.